The Bertz CT molecular complexity index is 489. The third-order valence-corrected chi connectivity index (χ3v) is 2.97. The molecule has 1 aliphatic rings. The van der Waals surface area contributed by atoms with Crippen LogP contribution in [0.5, 0.6) is 0 Å². The Morgan fingerprint density at radius 2 is 2.16 bits per heavy atom. The molecule has 1 aliphatic heterocycles. The molecule has 4 unspecified atom stereocenters. The van der Waals surface area contributed by atoms with E-state index in [1.165, 1.54) is 10.9 Å². The van der Waals surface area contributed by atoms with Crippen molar-refractivity contribution in [3.8, 4) is 0 Å². The Balaban J connectivity index is 2.31. The normalized spacial score (nSPS) is 31.8. The zero-order valence-electron chi connectivity index (χ0n) is 9.79. The second kappa shape index (κ2) is 5.01. The molecule has 10 heteroatoms. The van der Waals surface area contributed by atoms with Crippen LogP contribution in [-0.4, -0.2) is 60.8 Å². The Morgan fingerprint density at radius 1 is 1.47 bits per heavy atom. The molecule has 0 amide bonds. The predicted molar refractivity (Wildman–Crippen MR) is 62.2 cm³/mol. The van der Waals surface area contributed by atoms with Gasteiger partial charge in [-0.1, -0.05) is 5.16 Å². The molecule has 1 aromatic rings. The Morgan fingerprint density at radius 3 is 2.68 bits per heavy atom. The van der Waals surface area contributed by atoms with E-state index in [-0.39, 0.29) is 17.3 Å². The second-order valence-electron chi connectivity index (χ2n) is 4.10. The van der Waals surface area contributed by atoms with E-state index in [1.54, 1.807) is 0 Å². The van der Waals surface area contributed by atoms with Crippen LogP contribution >= 0.6 is 0 Å². The SMILES string of the molecule is N/C(=N\O)c1ncn(C2OC(CO)C(O)C2O)c1N. The van der Waals surface area contributed by atoms with Crippen LogP contribution in [0, 0.1) is 0 Å². The highest BCUT2D eigenvalue weighted by molar-refractivity contribution is 5.99. The fraction of sp³-hybridized carbons (Fsp3) is 0.556. The summed E-state index contributed by atoms with van der Waals surface area (Å²) in [5.74, 6) is -0.284. The van der Waals surface area contributed by atoms with Crippen LogP contribution in [0.2, 0.25) is 0 Å². The van der Waals surface area contributed by atoms with E-state index in [9.17, 15) is 10.2 Å². The summed E-state index contributed by atoms with van der Waals surface area (Å²) in [5.41, 5.74) is 11.1. The zero-order valence-corrected chi connectivity index (χ0v) is 9.79. The van der Waals surface area contributed by atoms with Gasteiger partial charge in [-0.3, -0.25) is 4.57 Å². The van der Waals surface area contributed by atoms with Gasteiger partial charge in [-0.05, 0) is 0 Å². The van der Waals surface area contributed by atoms with E-state index in [0.29, 0.717) is 0 Å². The van der Waals surface area contributed by atoms with Crippen molar-refractivity contribution in [2.24, 2.45) is 10.9 Å². The maximum Gasteiger partial charge on any atom is 0.192 e. The summed E-state index contributed by atoms with van der Waals surface area (Å²) in [4.78, 5) is 3.83. The molecule has 0 radical (unpaired) electrons. The fourth-order valence-corrected chi connectivity index (χ4v) is 1.93. The van der Waals surface area contributed by atoms with Crippen molar-refractivity contribution in [1.82, 2.24) is 9.55 Å². The fourth-order valence-electron chi connectivity index (χ4n) is 1.93. The molecule has 2 rings (SSSR count). The van der Waals surface area contributed by atoms with Crippen LogP contribution < -0.4 is 11.5 Å². The summed E-state index contributed by atoms with van der Waals surface area (Å²) in [5, 5.41) is 39.8. The largest absolute Gasteiger partial charge is 0.409 e. The first-order valence-electron chi connectivity index (χ1n) is 5.44. The van der Waals surface area contributed by atoms with Crippen LogP contribution in [0.1, 0.15) is 11.9 Å². The Hall–Kier alpha value is -1.88. The summed E-state index contributed by atoms with van der Waals surface area (Å²) in [7, 11) is 0. The van der Waals surface area contributed by atoms with E-state index in [2.05, 4.69) is 10.1 Å². The maximum atomic E-state index is 9.84. The smallest absolute Gasteiger partial charge is 0.192 e. The lowest BCUT2D eigenvalue weighted by atomic mass is 10.1. The van der Waals surface area contributed by atoms with Crippen molar-refractivity contribution in [3.63, 3.8) is 0 Å². The maximum absolute atomic E-state index is 9.84. The molecule has 106 valence electrons. The van der Waals surface area contributed by atoms with Crippen molar-refractivity contribution < 1.29 is 25.3 Å². The lowest BCUT2D eigenvalue weighted by Crippen LogP contribution is -2.33. The van der Waals surface area contributed by atoms with Crippen molar-refractivity contribution in [1.29, 1.82) is 0 Å². The molecule has 0 spiro atoms. The summed E-state index contributed by atoms with van der Waals surface area (Å²) in [6, 6.07) is 0. The van der Waals surface area contributed by atoms with Crippen LogP contribution in [0.3, 0.4) is 0 Å². The van der Waals surface area contributed by atoms with E-state index in [4.69, 9.17) is 26.5 Å². The molecule has 0 aliphatic carbocycles. The van der Waals surface area contributed by atoms with Gasteiger partial charge in [0.1, 0.15) is 24.1 Å². The van der Waals surface area contributed by atoms with E-state index < -0.39 is 31.1 Å². The van der Waals surface area contributed by atoms with Crippen molar-refractivity contribution in [2.75, 3.05) is 12.3 Å². The topological polar surface area (TPSA) is 172 Å². The number of aliphatic hydroxyl groups is 3. The van der Waals surface area contributed by atoms with Gasteiger partial charge in [0, 0.05) is 0 Å². The number of nitrogen functional groups attached to an aromatic ring is 1. The summed E-state index contributed by atoms with van der Waals surface area (Å²) >= 11 is 0. The van der Waals surface area contributed by atoms with Crippen molar-refractivity contribution >= 4 is 11.7 Å². The number of anilines is 1. The molecule has 0 aromatic carbocycles. The third kappa shape index (κ3) is 2.10. The predicted octanol–water partition coefficient (Wildman–Crippen LogP) is -2.83. The molecular weight excluding hydrogens is 258 g/mol. The van der Waals surface area contributed by atoms with Gasteiger partial charge in [-0.15, -0.1) is 0 Å². The number of hydrogen-bond acceptors (Lipinski definition) is 8. The van der Waals surface area contributed by atoms with Gasteiger partial charge in [0.15, 0.2) is 17.8 Å². The molecule has 0 bridgehead atoms. The monoisotopic (exact) mass is 273 g/mol. The third-order valence-electron chi connectivity index (χ3n) is 2.97. The van der Waals surface area contributed by atoms with Crippen LogP contribution in [-0.2, 0) is 4.74 Å². The van der Waals surface area contributed by atoms with E-state index in [1.807, 2.05) is 0 Å². The number of nitrogens with zero attached hydrogens (tertiary/aromatic N) is 3. The molecule has 19 heavy (non-hydrogen) atoms. The number of nitrogens with two attached hydrogens (primary N) is 2. The van der Waals surface area contributed by atoms with Crippen LogP contribution in [0.25, 0.3) is 0 Å². The molecule has 1 fully saturated rings. The number of oxime groups is 1. The highest BCUT2D eigenvalue weighted by Crippen LogP contribution is 2.31. The number of imidazole rings is 1. The molecule has 2 heterocycles. The van der Waals surface area contributed by atoms with Gasteiger partial charge in [0.2, 0.25) is 0 Å². The number of aliphatic hydroxyl groups excluding tert-OH is 3. The number of hydrogen-bond donors (Lipinski definition) is 6. The number of amidine groups is 1. The van der Waals surface area contributed by atoms with Gasteiger partial charge in [-0.25, -0.2) is 4.98 Å². The van der Waals surface area contributed by atoms with Crippen LogP contribution in [0.4, 0.5) is 5.82 Å². The standard InChI is InChI=1S/C9H15N5O5/c10-7(13-18)4-8(11)14(2-12-4)9-6(17)5(16)3(1-15)19-9/h2-3,5-6,9,15-18H,1,11H2,(H2,10,13). The summed E-state index contributed by atoms with van der Waals surface area (Å²) < 4.78 is 6.51. The highest BCUT2D eigenvalue weighted by Gasteiger charge is 2.44. The minimum Gasteiger partial charge on any atom is -0.409 e. The summed E-state index contributed by atoms with van der Waals surface area (Å²) in [6.45, 7) is -0.448. The number of ether oxygens (including phenoxy) is 1. The average molecular weight is 273 g/mol. The molecule has 8 N–H and O–H groups in total. The minimum absolute atomic E-state index is 0.00476. The zero-order chi connectivity index (χ0) is 14.2. The number of aromatic nitrogens is 2. The first-order chi connectivity index (χ1) is 9.01. The van der Waals surface area contributed by atoms with Gasteiger partial charge >= 0.3 is 0 Å². The Kier molecular flexibility index (Phi) is 3.57. The van der Waals surface area contributed by atoms with Gasteiger partial charge in [-0.2, -0.15) is 0 Å². The molecule has 1 aromatic heterocycles. The highest BCUT2D eigenvalue weighted by atomic mass is 16.6. The van der Waals surface area contributed by atoms with Gasteiger partial charge in [0.25, 0.3) is 0 Å². The quantitative estimate of drug-likeness (QED) is 0.148. The first kappa shape index (κ1) is 13.5. The molecule has 1 saturated heterocycles. The van der Waals surface area contributed by atoms with Gasteiger partial charge < -0.3 is 36.7 Å². The lowest BCUT2D eigenvalue weighted by molar-refractivity contribution is -0.0518. The second-order valence-corrected chi connectivity index (χ2v) is 4.10. The van der Waals surface area contributed by atoms with Crippen molar-refractivity contribution in [3.05, 3.63) is 12.0 Å². The van der Waals surface area contributed by atoms with Gasteiger partial charge in [0.05, 0.1) is 12.9 Å². The van der Waals surface area contributed by atoms with E-state index >= 15 is 0 Å². The average Bonchev–Trinajstić information content (AvgIpc) is 2.91. The molecular formula is C9H15N5O5. The van der Waals surface area contributed by atoms with E-state index in [0.717, 1.165) is 0 Å². The lowest BCUT2D eigenvalue weighted by Gasteiger charge is -2.17. The summed E-state index contributed by atoms with van der Waals surface area (Å²) in [6.07, 6.45) is -3.24. The van der Waals surface area contributed by atoms with Crippen molar-refractivity contribution in [2.45, 2.75) is 24.5 Å². The molecule has 0 saturated carbocycles. The molecule has 4 atom stereocenters. The first-order valence-corrected chi connectivity index (χ1v) is 5.44. The minimum atomic E-state index is -1.28. The Labute approximate surface area is 107 Å². The number of rotatable bonds is 3. The molecule has 10 nitrogen and oxygen atoms in total. The van der Waals surface area contributed by atoms with Crippen LogP contribution in [0.15, 0.2) is 11.5 Å².